The molecule has 2 rings (SSSR count). The summed E-state index contributed by atoms with van der Waals surface area (Å²) in [4.78, 5) is 15.6. The van der Waals surface area contributed by atoms with Crippen LogP contribution in [0.4, 0.5) is 0 Å². The van der Waals surface area contributed by atoms with Crippen molar-refractivity contribution in [2.24, 2.45) is 5.73 Å². The summed E-state index contributed by atoms with van der Waals surface area (Å²) in [5.41, 5.74) is 6.61. The molecule has 20 heavy (non-hydrogen) atoms. The van der Waals surface area contributed by atoms with E-state index in [9.17, 15) is 4.79 Å². The number of ether oxygens (including phenoxy) is 1. The van der Waals surface area contributed by atoms with Crippen molar-refractivity contribution in [3.05, 3.63) is 46.4 Å². The van der Waals surface area contributed by atoms with E-state index in [2.05, 4.69) is 10.9 Å². The third kappa shape index (κ3) is 3.46. The molecule has 100 valence electrons. The first-order chi connectivity index (χ1) is 9.70. The first kappa shape index (κ1) is 13.8. The number of primary amides is 1. The van der Waals surface area contributed by atoms with E-state index in [1.54, 1.807) is 29.8 Å². The third-order valence-corrected chi connectivity index (χ3v) is 3.25. The van der Waals surface area contributed by atoms with E-state index in [0.717, 1.165) is 5.56 Å². The summed E-state index contributed by atoms with van der Waals surface area (Å²) in [5, 5.41) is 2.40. The van der Waals surface area contributed by atoms with Crippen LogP contribution in [0.2, 0.25) is 0 Å². The van der Waals surface area contributed by atoms with Crippen molar-refractivity contribution in [2.45, 2.75) is 0 Å². The van der Waals surface area contributed by atoms with Crippen molar-refractivity contribution in [3.8, 4) is 18.1 Å². The predicted molar refractivity (Wildman–Crippen MR) is 79.9 cm³/mol. The molecule has 5 heteroatoms. The molecule has 1 heterocycles. The summed E-state index contributed by atoms with van der Waals surface area (Å²) in [6.07, 6.45) is 8.45. The first-order valence-electron chi connectivity index (χ1n) is 5.78. The van der Waals surface area contributed by atoms with Gasteiger partial charge in [0.05, 0.1) is 5.57 Å². The van der Waals surface area contributed by atoms with E-state index in [-0.39, 0.29) is 6.61 Å². The van der Waals surface area contributed by atoms with Crippen LogP contribution < -0.4 is 10.5 Å². The molecule has 0 aliphatic heterocycles. The Balaban J connectivity index is 2.24. The highest BCUT2D eigenvalue weighted by molar-refractivity contribution is 7.11. The average molecular weight is 284 g/mol. The fourth-order valence-electron chi connectivity index (χ4n) is 1.55. The number of carbonyl (C=O) groups is 1. The Morgan fingerprint density at radius 2 is 2.20 bits per heavy atom. The van der Waals surface area contributed by atoms with Gasteiger partial charge in [0.25, 0.3) is 5.91 Å². The van der Waals surface area contributed by atoms with Crippen molar-refractivity contribution in [3.63, 3.8) is 0 Å². The number of aromatic nitrogens is 1. The van der Waals surface area contributed by atoms with Gasteiger partial charge in [0.15, 0.2) is 0 Å². The van der Waals surface area contributed by atoms with Crippen molar-refractivity contribution in [1.82, 2.24) is 4.98 Å². The standard InChI is InChI=1S/C15H12N2O2S/c1-2-8-19-12-5-3-11(4-6-12)10-13(14(16)18)15-17-7-9-20-15/h1,3-7,9-10H,8H2,(H2,16,18). The number of amides is 1. The molecule has 4 nitrogen and oxygen atoms in total. The Kier molecular flexibility index (Phi) is 4.53. The molecule has 0 radical (unpaired) electrons. The molecule has 1 aromatic carbocycles. The number of benzene rings is 1. The van der Waals surface area contributed by atoms with Crippen LogP contribution in [0.3, 0.4) is 0 Å². The Morgan fingerprint density at radius 3 is 2.75 bits per heavy atom. The number of rotatable bonds is 5. The molecule has 2 N–H and O–H groups in total. The Bertz CT molecular complexity index is 652. The van der Waals surface area contributed by atoms with E-state index in [1.807, 2.05) is 12.1 Å². The minimum atomic E-state index is -0.507. The average Bonchev–Trinajstić information content (AvgIpc) is 2.97. The van der Waals surface area contributed by atoms with Crippen LogP contribution in [0.25, 0.3) is 11.6 Å². The molecule has 0 atom stereocenters. The zero-order chi connectivity index (χ0) is 14.4. The van der Waals surface area contributed by atoms with Crippen molar-refractivity contribution in [2.75, 3.05) is 6.61 Å². The molecule has 0 bridgehead atoms. The maximum Gasteiger partial charge on any atom is 0.251 e. The van der Waals surface area contributed by atoms with Gasteiger partial charge in [-0.05, 0) is 23.8 Å². The van der Waals surface area contributed by atoms with Crippen LogP contribution >= 0.6 is 11.3 Å². The predicted octanol–water partition coefficient (Wildman–Crippen LogP) is 2.18. The van der Waals surface area contributed by atoms with Gasteiger partial charge in [-0.1, -0.05) is 18.1 Å². The largest absolute Gasteiger partial charge is 0.481 e. The van der Waals surface area contributed by atoms with Gasteiger partial charge < -0.3 is 10.5 Å². The number of hydrogen-bond acceptors (Lipinski definition) is 4. The lowest BCUT2D eigenvalue weighted by Crippen LogP contribution is -2.12. The van der Waals surface area contributed by atoms with Crippen LogP contribution in [-0.4, -0.2) is 17.5 Å². The first-order valence-corrected chi connectivity index (χ1v) is 6.66. The maximum absolute atomic E-state index is 11.5. The second-order valence-electron chi connectivity index (χ2n) is 3.82. The lowest BCUT2D eigenvalue weighted by molar-refractivity contribution is -0.112. The Hall–Kier alpha value is -2.58. The number of hydrogen-bond donors (Lipinski definition) is 1. The van der Waals surface area contributed by atoms with Crippen LogP contribution in [0.1, 0.15) is 10.6 Å². The summed E-state index contributed by atoms with van der Waals surface area (Å²) in [6.45, 7) is 0.223. The molecule has 0 fully saturated rings. The quantitative estimate of drug-likeness (QED) is 0.676. The van der Waals surface area contributed by atoms with Gasteiger partial charge in [-0.25, -0.2) is 4.98 Å². The van der Waals surface area contributed by atoms with Crippen LogP contribution in [-0.2, 0) is 4.79 Å². The minimum absolute atomic E-state index is 0.223. The van der Waals surface area contributed by atoms with E-state index in [4.69, 9.17) is 16.9 Å². The fraction of sp³-hybridized carbons (Fsp3) is 0.0667. The smallest absolute Gasteiger partial charge is 0.251 e. The molecule has 0 saturated carbocycles. The van der Waals surface area contributed by atoms with E-state index in [1.165, 1.54) is 11.3 Å². The monoisotopic (exact) mass is 284 g/mol. The lowest BCUT2D eigenvalue weighted by atomic mass is 10.1. The highest BCUT2D eigenvalue weighted by Crippen LogP contribution is 2.21. The van der Waals surface area contributed by atoms with Crippen molar-refractivity contribution >= 4 is 28.9 Å². The van der Waals surface area contributed by atoms with Gasteiger partial charge in [0.1, 0.15) is 17.4 Å². The molecule has 0 spiro atoms. The molecule has 0 aliphatic carbocycles. The molecule has 2 aromatic rings. The topological polar surface area (TPSA) is 65.2 Å². The van der Waals surface area contributed by atoms with Crippen LogP contribution in [0.5, 0.6) is 5.75 Å². The Labute approximate surface area is 120 Å². The summed E-state index contributed by atoms with van der Waals surface area (Å²) >= 11 is 1.37. The minimum Gasteiger partial charge on any atom is -0.481 e. The van der Waals surface area contributed by atoms with E-state index >= 15 is 0 Å². The SMILES string of the molecule is C#CCOc1ccc(C=C(C(N)=O)c2nccs2)cc1. The molecule has 0 aliphatic rings. The van der Waals surface area contributed by atoms with Gasteiger partial charge in [0.2, 0.25) is 0 Å². The van der Waals surface area contributed by atoms with Crippen LogP contribution in [0, 0.1) is 12.3 Å². The second kappa shape index (κ2) is 6.55. The molecule has 0 unspecified atom stereocenters. The van der Waals surface area contributed by atoms with Gasteiger partial charge in [-0.3, -0.25) is 4.79 Å². The maximum atomic E-state index is 11.5. The second-order valence-corrected chi connectivity index (χ2v) is 4.72. The van der Waals surface area contributed by atoms with Gasteiger partial charge in [-0.15, -0.1) is 17.8 Å². The zero-order valence-electron chi connectivity index (χ0n) is 10.6. The van der Waals surface area contributed by atoms with Gasteiger partial charge >= 0.3 is 0 Å². The lowest BCUT2D eigenvalue weighted by Gasteiger charge is -2.03. The molecular weight excluding hydrogens is 272 g/mol. The van der Waals surface area contributed by atoms with Gasteiger partial charge in [-0.2, -0.15) is 0 Å². The summed E-state index contributed by atoms with van der Waals surface area (Å²) in [6, 6.07) is 7.21. The van der Waals surface area contributed by atoms with Crippen molar-refractivity contribution < 1.29 is 9.53 Å². The zero-order valence-corrected chi connectivity index (χ0v) is 11.4. The molecule has 1 amide bonds. The van der Waals surface area contributed by atoms with E-state index < -0.39 is 5.91 Å². The fourth-order valence-corrected chi connectivity index (χ4v) is 2.21. The summed E-state index contributed by atoms with van der Waals surface area (Å²) in [7, 11) is 0. The number of carbonyl (C=O) groups excluding carboxylic acids is 1. The third-order valence-electron chi connectivity index (χ3n) is 2.44. The molecular formula is C15H12N2O2S. The number of terminal acetylenes is 1. The van der Waals surface area contributed by atoms with Crippen LogP contribution in [0.15, 0.2) is 35.8 Å². The highest BCUT2D eigenvalue weighted by Gasteiger charge is 2.10. The number of thiazole rings is 1. The molecule has 0 saturated heterocycles. The summed E-state index contributed by atoms with van der Waals surface area (Å²) in [5.74, 6) is 2.56. The summed E-state index contributed by atoms with van der Waals surface area (Å²) < 4.78 is 5.28. The number of nitrogens with zero attached hydrogens (tertiary/aromatic N) is 1. The molecule has 1 aromatic heterocycles. The van der Waals surface area contributed by atoms with Gasteiger partial charge in [0, 0.05) is 11.6 Å². The van der Waals surface area contributed by atoms with Crippen molar-refractivity contribution in [1.29, 1.82) is 0 Å². The highest BCUT2D eigenvalue weighted by atomic mass is 32.1. The number of nitrogens with two attached hydrogens (primary N) is 1. The Morgan fingerprint density at radius 1 is 1.45 bits per heavy atom. The normalized spacial score (nSPS) is 10.8. The van der Waals surface area contributed by atoms with E-state index in [0.29, 0.717) is 16.3 Å².